The fourth-order valence-corrected chi connectivity index (χ4v) is 0.583. The summed E-state index contributed by atoms with van der Waals surface area (Å²) in [5.41, 5.74) is -4.57. The minimum atomic E-state index is -5.84. The van der Waals surface area contributed by atoms with Crippen molar-refractivity contribution in [2.75, 3.05) is 0 Å². The third-order valence-electron chi connectivity index (χ3n) is 1.32. The third kappa shape index (κ3) is 5.69. The van der Waals surface area contributed by atoms with Crippen LogP contribution in [0.15, 0.2) is 30.3 Å². The molecule has 0 unspecified atom stereocenters. The summed E-state index contributed by atoms with van der Waals surface area (Å²) in [4.78, 5) is 0. The number of hydrogen-bond donors (Lipinski definition) is 2. The Kier molecular flexibility index (Phi) is 5.42. The minimum Gasteiger partial charge on any atom is -0.392 e. The molecule has 1 aromatic rings. The molecular weight excluding hydrogens is 249 g/mol. The Morgan fingerprint density at radius 1 is 1.12 bits per heavy atom. The van der Waals surface area contributed by atoms with E-state index in [1.807, 2.05) is 30.3 Å². The van der Waals surface area contributed by atoms with Gasteiger partial charge in [0.2, 0.25) is 0 Å². The predicted octanol–water partition coefficient (Wildman–Crippen LogP) is 1.57. The summed E-state index contributed by atoms with van der Waals surface area (Å²) >= 11 is 0. The Morgan fingerprint density at radius 3 is 1.69 bits per heavy atom. The second kappa shape index (κ2) is 5.83. The van der Waals surface area contributed by atoms with E-state index in [1.54, 1.807) is 0 Å². The molecule has 0 aromatic heterocycles. The normalized spacial score (nSPS) is 11.6. The van der Waals surface area contributed by atoms with Crippen molar-refractivity contribution in [3.05, 3.63) is 35.9 Å². The average Bonchev–Trinajstić information content (AvgIpc) is 2.17. The number of aliphatic hydroxyl groups is 1. The molecule has 8 heteroatoms. The molecule has 0 aliphatic heterocycles. The molecule has 0 heterocycles. The number of aliphatic hydroxyl groups excluding tert-OH is 1. The molecule has 0 saturated heterocycles. The van der Waals surface area contributed by atoms with Crippen LogP contribution in [-0.4, -0.2) is 23.6 Å². The van der Waals surface area contributed by atoms with Crippen LogP contribution >= 0.6 is 0 Å². The van der Waals surface area contributed by atoms with Crippen molar-refractivity contribution in [1.29, 1.82) is 0 Å². The molecule has 1 aromatic carbocycles. The van der Waals surface area contributed by atoms with E-state index in [0.717, 1.165) is 5.56 Å². The van der Waals surface area contributed by atoms with Gasteiger partial charge in [-0.25, -0.2) is 0 Å². The van der Waals surface area contributed by atoms with Crippen LogP contribution in [0.4, 0.5) is 13.2 Å². The second-order valence-electron chi connectivity index (χ2n) is 2.56. The summed E-state index contributed by atoms with van der Waals surface area (Å²) in [5.74, 6) is 0. The maximum Gasteiger partial charge on any atom is 0.522 e. The van der Waals surface area contributed by atoms with Crippen LogP contribution in [0.5, 0.6) is 0 Å². The lowest BCUT2D eigenvalue weighted by atomic mass is 10.2. The summed E-state index contributed by atoms with van der Waals surface area (Å²) in [7, 11) is -5.84. The predicted molar refractivity (Wildman–Crippen MR) is 50.0 cm³/mol. The first-order chi connectivity index (χ1) is 7.18. The van der Waals surface area contributed by atoms with E-state index in [4.69, 9.17) is 18.1 Å². The molecule has 0 amide bonds. The molecule has 0 spiro atoms. The zero-order valence-electron chi connectivity index (χ0n) is 7.85. The van der Waals surface area contributed by atoms with E-state index in [1.165, 1.54) is 0 Å². The average molecular weight is 258 g/mol. The van der Waals surface area contributed by atoms with Gasteiger partial charge < -0.3 is 5.11 Å². The number of benzene rings is 1. The molecule has 0 bridgehead atoms. The number of halogens is 3. The number of alkyl halides is 3. The van der Waals surface area contributed by atoms with Gasteiger partial charge in [0.25, 0.3) is 0 Å². The highest BCUT2D eigenvalue weighted by atomic mass is 32.2. The zero-order chi connectivity index (χ0) is 12.8. The largest absolute Gasteiger partial charge is 0.522 e. The highest BCUT2D eigenvalue weighted by Crippen LogP contribution is 2.20. The van der Waals surface area contributed by atoms with Crippen LogP contribution < -0.4 is 0 Å². The van der Waals surface area contributed by atoms with Crippen molar-refractivity contribution >= 4 is 10.1 Å². The van der Waals surface area contributed by atoms with Gasteiger partial charge in [-0.3, -0.25) is 4.55 Å². The lowest BCUT2D eigenvalue weighted by Crippen LogP contribution is -2.21. The molecule has 0 atom stereocenters. The highest BCUT2D eigenvalue weighted by molar-refractivity contribution is 7.86. The van der Waals surface area contributed by atoms with Gasteiger partial charge in [-0.15, -0.1) is 0 Å². The fourth-order valence-electron chi connectivity index (χ4n) is 0.583. The van der Waals surface area contributed by atoms with Gasteiger partial charge in [0.15, 0.2) is 0 Å². The van der Waals surface area contributed by atoms with Gasteiger partial charge in [0.1, 0.15) is 0 Å². The summed E-state index contributed by atoms with van der Waals surface area (Å²) in [6.07, 6.45) is 0. The molecule has 0 radical (unpaired) electrons. The molecule has 0 fully saturated rings. The Morgan fingerprint density at radius 2 is 1.50 bits per heavy atom. The van der Waals surface area contributed by atoms with Gasteiger partial charge in [-0.05, 0) is 5.56 Å². The van der Waals surface area contributed by atoms with E-state index < -0.39 is 15.6 Å². The molecule has 4 nitrogen and oxygen atoms in total. The van der Waals surface area contributed by atoms with Crippen molar-refractivity contribution in [3.63, 3.8) is 0 Å². The van der Waals surface area contributed by atoms with Gasteiger partial charge in [0.05, 0.1) is 6.61 Å². The monoisotopic (exact) mass is 258 g/mol. The topological polar surface area (TPSA) is 74.6 Å². The van der Waals surface area contributed by atoms with Crippen LogP contribution in [0, 0.1) is 0 Å². The third-order valence-corrected chi connectivity index (χ3v) is 1.90. The van der Waals surface area contributed by atoms with Gasteiger partial charge in [-0.2, -0.15) is 21.6 Å². The Balaban J connectivity index is 0.000000281. The van der Waals surface area contributed by atoms with E-state index in [2.05, 4.69) is 0 Å². The van der Waals surface area contributed by atoms with E-state index in [0.29, 0.717) is 0 Å². The van der Waals surface area contributed by atoms with Crippen LogP contribution in [0.1, 0.15) is 5.56 Å². The number of hydrogen-bond acceptors (Lipinski definition) is 3. The molecule has 0 aliphatic carbocycles. The summed E-state index contributed by atoms with van der Waals surface area (Å²) in [6, 6.07) is 9.52. The molecule has 16 heavy (non-hydrogen) atoms. The van der Waals surface area contributed by atoms with Crippen molar-refractivity contribution in [2.24, 2.45) is 0 Å². The first kappa shape index (κ1) is 14.9. The quantitative estimate of drug-likeness (QED) is 0.592. The molecular formula is C8H9F3O4S. The van der Waals surface area contributed by atoms with Crippen molar-refractivity contribution in [1.82, 2.24) is 0 Å². The van der Waals surface area contributed by atoms with Gasteiger partial charge >= 0.3 is 15.6 Å². The lowest BCUT2D eigenvalue weighted by Gasteiger charge is -1.97. The molecule has 0 saturated carbocycles. The van der Waals surface area contributed by atoms with Gasteiger partial charge in [0, 0.05) is 0 Å². The minimum absolute atomic E-state index is 0.140. The second-order valence-corrected chi connectivity index (χ2v) is 3.98. The van der Waals surface area contributed by atoms with E-state index >= 15 is 0 Å². The van der Waals surface area contributed by atoms with Crippen molar-refractivity contribution < 1.29 is 31.2 Å². The molecule has 2 N–H and O–H groups in total. The van der Waals surface area contributed by atoms with E-state index in [9.17, 15) is 13.2 Å². The number of rotatable bonds is 1. The molecule has 92 valence electrons. The standard InChI is InChI=1S/C7H8O.CHF3O3S/c8-6-7-4-2-1-3-5-7;2-1(3,4)8(5,6)7/h1-5,8H,6H2;(H,5,6,7). The van der Waals surface area contributed by atoms with Crippen LogP contribution in [-0.2, 0) is 16.7 Å². The summed E-state index contributed by atoms with van der Waals surface area (Å²) < 4.78 is 57.5. The first-order valence-electron chi connectivity index (χ1n) is 3.87. The van der Waals surface area contributed by atoms with Crippen LogP contribution in [0.25, 0.3) is 0 Å². The van der Waals surface area contributed by atoms with Crippen LogP contribution in [0.2, 0.25) is 0 Å². The molecule has 0 aliphatic rings. The first-order valence-corrected chi connectivity index (χ1v) is 5.31. The maximum absolute atomic E-state index is 10.7. The fraction of sp³-hybridized carbons (Fsp3) is 0.250. The Hall–Kier alpha value is -1.12. The van der Waals surface area contributed by atoms with Crippen LogP contribution in [0.3, 0.4) is 0 Å². The maximum atomic E-state index is 10.7. The summed E-state index contributed by atoms with van der Waals surface area (Å²) in [5, 5.41) is 8.54. The van der Waals surface area contributed by atoms with E-state index in [-0.39, 0.29) is 6.61 Å². The Bertz CT molecular complexity index is 399. The van der Waals surface area contributed by atoms with Crippen molar-refractivity contribution in [3.8, 4) is 0 Å². The SMILES string of the molecule is O=S(=O)(O)C(F)(F)F.OCc1ccccc1. The summed E-state index contributed by atoms with van der Waals surface area (Å²) in [6.45, 7) is 0.140. The highest BCUT2D eigenvalue weighted by Gasteiger charge is 2.44. The zero-order valence-corrected chi connectivity index (χ0v) is 8.66. The van der Waals surface area contributed by atoms with Crippen molar-refractivity contribution in [2.45, 2.75) is 12.1 Å². The smallest absolute Gasteiger partial charge is 0.392 e. The van der Waals surface area contributed by atoms with Gasteiger partial charge in [-0.1, -0.05) is 30.3 Å². The lowest BCUT2D eigenvalue weighted by molar-refractivity contribution is -0.0510. The Labute approximate surface area is 90.1 Å². The molecule has 1 rings (SSSR count).